The molecule has 0 amide bonds. The Kier molecular flexibility index (Phi) is 3.76. The highest BCUT2D eigenvalue weighted by atomic mass is 79.9. The van der Waals surface area contributed by atoms with E-state index in [0.29, 0.717) is 5.56 Å². The Hall–Kier alpha value is -0.870. The quantitative estimate of drug-likeness (QED) is 0.878. The van der Waals surface area contributed by atoms with Crippen molar-refractivity contribution in [2.45, 2.75) is 26.9 Å². The van der Waals surface area contributed by atoms with Crippen LogP contribution in [-0.2, 0) is 0 Å². The fourth-order valence-electron chi connectivity index (χ4n) is 1.35. The maximum Gasteiger partial charge on any atom is 0.335 e. The second-order valence-corrected chi connectivity index (χ2v) is 5.66. The number of hydrogen-bond acceptors (Lipinski definition) is 2. The van der Waals surface area contributed by atoms with E-state index in [4.69, 9.17) is 5.11 Å². The Labute approximate surface area is 103 Å². The predicted octanol–water partition coefficient (Wildman–Crippen LogP) is 3.23. The average molecular weight is 287 g/mol. The smallest absolute Gasteiger partial charge is 0.335 e. The molecule has 1 aromatic rings. The predicted molar refractivity (Wildman–Crippen MR) is 65.5 cm³/mol. The van der Waals surface area contributed by atoms with Gasteiger partial charge >= 0.3 is 5.97 Å². The minimum absolute atomic E-state index is 0.182. The lowest BCUT2D eigenvalue weighted by molar-refractivity contribution is 0.0614. The molecule has 0 bridgehead atoms. The van der Waals surface area contributed by atoms with Gasteiger partial charge in [0.2, 0.25) is 0 Å². The van der Waals surface area contributed by atoms with E-state index in [0.717, 1.165) is 4.47 Å². The van der Waals surface area contributed by atoms with Gasteiger partial charge in [-0.25, -0.2) is 4.79 Å². The number of benzene rings is 1. The molecule has 3 nitrogen and oxygen atoms in total. The number of halogens is 1. The van der Waals surface area contributed by atoms with Crippen LogP contribution >= 0.6 is 15.9 Å². The number of carbonyl (C=O) groups is 1. The summed E-state index contributed by atoms with van der Waals surface area (Å²) in [6, 6.07) is 4.65. The zero-order chi connectivity index (χ0) is 12.5. The third kappa shape index (κ3) is 2.83. The molecule has 88 valence electrons. The Balaban J connectivity index is 3.22. The van der Waals surface area contributed by atoms with Gasteiger partial charge in [0.15, 0.2) is 0 Å². The third-order valence-corrected chi connectivity index (χ3v) is 3.08. The summed E-state index contributed by atoms with van der Waals surface area (Å²) in [5.41, 5.74) is 0.452. The molecule has 0 fully saturated rings. The maximum absolute atomic E-state index is 10.8. The van der Waals surface area contributed by atoms with Gasteiger partial charge in [-0.3, -0.25) is 0 Å². The summed E-state index contributed by atoms with van der Waals surface area (Å²) in [7, 11) is 0. The van der Waals surface area contributed by atoms with E-state index in [1.165, 1.54) is 12.1 Å². The summed E-state index contributed by atoms with van der Waals surface area (Å²) in [5, 5.41) is 19.0. The van der Waals surface area contributed by atoms with Crippen LogP contribution in [0.25, 0.3) is 0 Å². The lowest BCUT2D eigenvalue weighted by atomic mass is 9.84. The maximum atomic E-state index is 10.8. The van der Waals surface area contributed by atoms with E-state index in [1.54, 1.807) is 6.07 Å². The lowest BCUT2D eigenvalue weighted by Crippen LogP contribution is -2.18. The van der Waals surface area contributed by atoms with Crippen molar-refractivity contribution >= 4 is 21.9 Å². The molecule has 0 spiro atoms. The van der Waals surface area contributed by atoms with Gasteiger partial charge in [-0.15, -0.1) is 0 Å². The van der Waals surface area contributed by atoms with Crippen LogP contribution in [0.1, 0.15) is 42.8 Å². The van der Waals surface area contributed by atoms with E-state index < -0.39 is 12.1 Å². The minimum atomic E-state index is -0.991. The molecule has 0 aromatic heterocycles. The van der Waals surface area contributed by atoms with Crippen molar-refractivity contribution in [1.29, 1.82) is 0 Å². The first-order valence-electron chi connectivity index (χ1n) is 4.94. The standard InChI is InChI=1S/C12H15BrO3/c1-12(2,3)10(14)8-6-7(11(15)16)4-5-9(8)13/h4-6,10,14H,1-3H3,(H,15,16). The number of carboxylic acids is 1. The summed E-state index contributed by atoms with van der Waals surface area (Å²) in [4.78, 5) is 10.8. The molecule has 1 unspecified atom stereocenters. The molecular formula is C12H15BrO3. The van der Waals surface area contributed by atoms with Crippen LogP contribution in [0, 0.1) is 5.41 Å². The fraction of sp³-hybridized carbons (Fsp3) is 0.417. The SMILES string of the molecule is CC(C)(C)C(O)c1cc(C(=O)O)ccc1Br. The molecule has 1 atom stereocenters. The van der Waals surface area contributed by atoms with Crippen molar-refractivity contribution in [3.63, 3.8) is 0 Å². The summed E-state index contributed by atoms with van der Waals surface area (Å²) < 4.78 is 0.722. The van der Waals surface area contributed by atoms with Crippen LogP contribution in [0.3, 0.4) is 0 Å². The molecule has 0 aliphatic carbocycles. The Bertz CT molecular complexity index is 407. The van der Waals surface area contributed by atoms with E-state index >= 15 is 0 Å². The van der Waals surface area contributed by atoms with E-state index in [2.05, 4.69) is 15.9 Å². The van der Waals surface area contributed by atoms with Gasteiger partial charge in [-0.05, 0) is 29.2 Å². The normalized spacial score (nSPS) is 13.6. The van der Waals surface area contributed by atoms with Crippen molar-refractivity contribution in [3.8, 4) is 0 Å². The number of aliphatic hydroxyl groups is 1. The summed E-state index contributed by atoms with van der Waals surface area (Å²) in [5.74, 6) is -0.991. The molecule has 0 aliphatic rings. The number of carboxylic acid groups (broad SMARTS) is 1. The molecule has 16 heavy (non-hydrogen) atoms. The van der Waals surface area contributed by atoms with Gasteiger partial charge in [-0.2, -0.15) is 0 Å². The molecule has 0 aliphatic heterocycles. The molecule has 0 saturated heterocycles. The zero-order valence-electron chi connectivity index (χ0n) is 9.49. The molecule has 0 saturated carbocycles. The van der Waals surface area contributed by atoms with Crippen LogP contribution < -0.4 is 0 Å². The van der Waals surface area contributed by atoms with Crippen molar-refractivity contribution in [3.05, 3.63) is 33.8 Å². The van der Waals surface area contributed by atoms with Gasteiger partial charge in [0.05, 0.1) is 11.7 Å². The topological polar surface area (TPSA) is 57.5 Å². The van der Waals surface area contributed by atoms with Crippen molar-refractivity contribution < 1.29 is 15.0 Å². The van der Waals surface area contributed by atoms with Crippen LogP contribution in [-0.4, -0.2) is 16.2 Å². The van der Waals surface area contributed by atoms with Crippen molar-refractivity contribution in [2.24, 2.45) is 5.41 Å². The van der Waals surface area contributed by atoms with Gasteiger partial charge in [-0.1, -0.05) is 36.7 Å². The molecule has 0 heterocycles. The highest BCUT2D eigenvalue weighted by Gasteiger charge is 2.26. The Morgan fingerprint density at radius 2 is 1.94 bits per heavy atom. The molecule has 2 N–H and O–H groups in total. The summed E-state index contributed by atoms with van der Waals surface area (Å²) in [6.07, 6.45) is -0.707. The molecular weight excluding hydrogens is 272 g/mol. The zero-order valence-corrected chi connectivity index (χ0v) is 11.1. The minimum Gasteiger partial charge on any atom is -0.478 e. The van der Waals surface area contributed by atoms with Crippen LogP contribution in [0.5, 0.6) is 0 Å². The first-order chi connectivity index (χ1) is 7.23. The number of rotatable bonds is 2. The molecule has 0 radical (unpaired) electrons. The van der Waals surface area contributed by atoms with Crippen LogP contribution in [0.4, 0.5) is 0 Å². The first-order valence-corrected chi connectivity index (χ1v) is 5.73. The van der Waals surface area contributed by atoms with Gasteiger partial charge in [0.25, 0.3) is 0 Å². The average Bonchev–Trinajstić information content (AvgIpc) is 2.15. The summed E-state index contributed by atoms with van der Waals surface area (Å²) in [6.45, 7) is 5.70. The lowest BCUT2D eigenvalue weighted by Gasteiger charge is -2.27. The molecule has 1 aromatic carbocycles. The number of aromatic carboxylic acids is 1. The highest BCUT2D eigenvalue weighted by Crippen LogP contribution is 2.36. The molecule has 1 rings (SSSR count). The van der Waals surface area contributed by atoms with Gasteiger partial charge in [0, 0.05) is 4.47 Å². The fourth-order valence-corrected chi connectivity index (χ4v) is 1.82. The van der Waals surface area contributed by atoms with Crippen molar-refractivity contribution in [1.82, 2.24) is 0 Å². The number of aliphatic hydroxyl groups excluding tert-OH is 1. The second kappa shape index (κ2) is 4.55. The van der Waals surface area contributed by atoms with Gasteiger partial charge < -0.3 is 10.2 Å². The third-order valence-electron chi connectivity index (χ3n) is 2.36. The summed E-state index contributed by atoms with van der Waals surface area (Å²) >= 11 is 3.32. The van der Waals surface area contributed by atoms with E-state index in [9.17, 15) is 9.90 Å². The largest absolute Gasteiger partial charge is 0.478 e. The Morgan fingerprint density at radius 3 is 2.38 bits per heavy atom. The van der Waals surface area contributed by atoms with E-state index in [-0.39, 0.29) is 11.0 Å². The second-order valence-electron chi connectivity index (χ2n) is 4.81. The van der Waals surface area contributed by atoms with Crippen LogP contribution in [0.2, 0.25) is 0 Å². The van der Waals surface area contributed by atoms with E-state index in [1.807, 2.05) is 20.8 Å². The van der Waals surface area contributed by atoms with Gasteiger partial charge in [0.1, 0.15) is 0 Å². The number of hydrogen-bond donors (Lipinski definition) is 2. The van der Waals surface area contributed by atoms with Crippen molar-refractivity contribution in [2.75, 3.05) is 0 Å². The monoisotopic (exact) mass is 286 g/mol. The first kappa shape index (κ1) is 13.2. The molecule has 4 heteroatoms. The Morgan fingerprint density at radius 1 is 1.38 bits per heavy atom. The van der Waals surface area contributed by atoms with Crippen LogP contribution in [0.15, 0.2) is 22.7 Å². The highest BCUT2D eigenvalue weighted by molar-refractivity contribution is 9.10.